The Bertz CT molecular complexity index is 1040. The number of methoxy groups -OCH3 is 1. The summed E-state index contributed by atoms with van der Waals surface area (Å²) in [6, 6.07) is 21.7. The van der Waals surface area contributed by atoms with E-state index in [1.54, 1.807) is 48.5 Å². The van der Waals surface area contributed by atoms with Crippen molar-refractivity contribution in [2.45, 2.75) is 22.6 Å². The highest BCUT2D eigenvalue weighted by Crippen LogP contribution is 2.38. The van der Waals surface area contributed by atoms with Crippen molar-refractivity contribution in [3.8, 4) is 5.75 Å². The van der Waals surface area contributed by atoms with Crippen LogP contribution in [0.2, 0.25) is 0 Å². The fraction of sp³-hybridized carbons (Fsp3) is 0.130. The van der Waals surface area contributed by atoms with Crippen LogP contribution in [0.25, 0.3) is 6.08 Å². The summed E-state index contributed by atoms with van der Waals surface area (Å²) in [5, 5.41) is 0. The topological polar surface area (TPSA) is 43.4 Å². The molecule has 1 unspecified atom stereocenters. The van der Waals surface area contributed by atoms with E-state index in [-0.39, 0.29) is 15.7 Å². The smallest absolute Gasteiger partial charge is 0.210 e. The summed E-state index contributed by atoms with van der Waals surface area (Å²) in [6.45, 7) is 5.81. The van der Waals surface area contributed by atoms with Gasteiger partial charge in [0.25, 0.3) is 0 Å². The molecule has 0 aromatic heterocycles. The van der Waals surface area contributed by atoms with E-state index < -0.39 is 9.84 Å². The van der Waals surface area contributed by atoms with Crippen molar-refractivity contribution in [3.05, 3.63) is 96.1 Å². The summed E-state index contributed by atoms with van der Waals surface area (Å²) in [7, 11) is -2.16. The van der Waals surface area contributed by atoms with Crippen LogP contribution in [0.5, 0.6) is 5.75 Å². The second-order valence-corrected chi connectivity index (χ2v) is 8.21. The first-order valence-corrected chi connectivity index (χ1v) is 10.2. The summed E-state index contributed by atoms with van der Waals surface area (Å²) >= 11 is 0. The van der Waals surface area contributed by atoms with E-state index in [0.717, 1.165) is 16.7 Å². The minimum atomic E-state index is -3.67. The van der Waals surface area contributed by atoms with Crippen LogP contribution in [0.4, 0.5) is 0 Å². The number of ether oxygens (including phenoxy) is 1. The molecule has 0 radical (unpaired) electrons. The summed E-state index contributed by atoms with van der Waals surface area (Å²) in [6.07, 6.45) is 1.79. The van der Waals surface area contributed by atoms with Crippen molar-refractivity contribution in [1.82, 2.24) is 0 Å². The lowest BCUT2D eigenvalue weighted by atomic mass is 9.92. The number of hydrogen-bond acceptors (Lipinski definition) is 3. The molecule has 4 heteroatoms. The van der Waals surface area contributed by atoms with Gasteiger partial charge < -0.3 is 4.74 Å². The van der Waals surface area contributed by atoms with Gasteiger partial charge in [-0.15, -0.1) is 0 Å². The van der Waals surface area contributed by atoms with Crippen LogP contribution in [0, 0.1) is 0 Å². The molecule has 0 fully saturated rings. The molecule has 3 aromatic rings. The van der Waals surface area contributed by atoms with Crippen molar-refractivity contribution in [1.29, 1.82) is 0 Å². The molecule has 0 saturated heterocycles. The summed E-state index contributed by atoms with van der Waals surface area (Å²) in [5.41, 5.74) is 2.95. The summed E-state index contributed by atoms with van der Waals surface area (Å²) in [5.74, 6) is 0.367. The number of sulfone groups is 1. The average Bonchev–Trinajstić information content (AvgIpc) is 2.73. The second-order valence-electron chi connectivity index (χ2n) is 6.29. The third kappa shape index (κ3) is 3.67. The van der Waals surface area contributed by atoms with E-state index in [1.807, 2.05) is 37.3 Å². The molecule has 3 aromatic carbocycles. The molecule has 138 valence electrons. The van der Waals surface area contributed by atoms with Crippen LogP contribution in [-0.4, -0.2) is 15.5 Å². The van der Waals surface area contributed by atoms with E-state index in [0.29, 0.717) is 5.75 Å². The van der Waals surface area contributed by atoms with Gasteiger partial charge in [-0.2, -0.15) is 0 Å². The lowest BCUT2D eigenvalue weighted by molar-refractivity contribution is 0.396. The SMILES string of the molecule is C=Cc1ccc(C(C)c2cccc(S(=O)(=O)c3ccccc3)c2OC)cc1. The quantitative estimate of drug-likeness (QED) is 0.583. The van der Waals surface area contributed by atoms with E-state index in [4.69, 9.17) is 4.74 Å². The van der Waals surface area contributed by atoms with Crippen molar-refractivity contribution >= 4 is 15.9 Å². The van der Waals surface area contributed by atoms with Crippen LogP contribution >= 0.6 is 0 Å². The van der Waals surface area contributed by atoms with Gasteiger partial charge >= 0.3 is 0 Å². The molecule has 0 amide bonds. The van der Waals surface area contributed by atoms with Gasteiger partial charge in [0.1, 0.15) is 10.6 Å². The average molecular weight is 378 g/mol. The fourth-order valence-electron chi connectivity index (χ4n) is 3.13. The zero-order chi connectivity index (χ0) is 19.4. The van der Waals surface area contributed by atoms with E-state index in [9.17, 15) is 8.42 Å². The van der Waals surface area contributed by atoms with Gasteiger partial charge in [0.15, 0.2) is 0 Å². The number of rotatable bonds is 6. The number of hydrogen-bond donors (Lipinski definition) is 0. The Labute approximate surface area is 160 Å². The van der Waals surface area contributed by atoms with E-state index >= 15 is 0 Å². The maximum atomic E-state index is 13.1. The predicted octanol–water partition coefficient (Wildman–Crippen LogP) is 5.32. The van der Waals surface area contributed by atoms with Gasteiger partial charge in [-0.25, -0.2) is 8.42 Å². The Hall–Kier alpha value is -2.85. The Morgan fingerprint density at radius 2 is 1.59 bits per heavy atom. The van der Waals surface area contributed by atoms with Crippen LogP contribution in [0.15, 0.2) is 89.2 Å². The molecule has 0 saturated carbocycles. The highest BCUT2D eigenvalue weighted by Gasteiger charge is 2.25. The summed E-state index contributed by atoms with van der Waals surface area (Å²) < 4.78 is 31.8. The molecule has 0 aliphatic rings. The molecule has 27 heavy (non-hydrogen) atoms. The maximum Gasteiger partial charge on any atom is 0.210 e. The number of benzene rings is 3. The van der Waals surface area contributed by atoms with Crippen LogP contribution < -0.4 is 4.74 Å². The van der Waals surface area contributed by atoms with Gasteiger partial charge in [-0.05, 0) is 29.3 Å². The molecule has 1 atom stereocenters. The minimum absolute atomic E-state index is 0.0234. The van der Waals surface area contributed by atoms with Crippen molar-refractivity contribution in [3.63, 3.8) is 0 Å². The third-order valence-electron chi connectivity index (χ3n) is 4.70. The first kappa shape index (κ1) is 18.9. The molecule has 0 spiro atoms. The zero-order valence-corrected chi connectivity index (χ0v) is 16.2. The minimum Gasteiger partial charge on any atom is -0.495 e. The second kappa shape index (κ2) is 7.80. The molecule has 0 N–H and O–H groups in total. The monoisotopic (exact) mass is 378 g/mol. The Kier molecular flexibility index (Phi) is 5.47. The molecule has 0 heterocycles. The van der Waals surface area contributed by atoms with Gasteiger partial charge in [0.2, 0.25) is 9.84 Å². The lowest BCUT2D eigenvalue weighted by Gasteiger charge is -2.19. The number of para-hydroxylation sites is 1. The Balaban J connectivity index is 2.10. The van der Waals surface area contributed by atoms with E-state index in [2.05, 4.69) is 6.58 Å². The molecule has 0 aliphatic heterocycles. The van der Waals surface area contributed by atoms with Gasteiger partial charge in [-0.3, -0.25) is 0 Å². The van der Waals surface area contributed by atoms with Crippen LogP contribution in [0.1, 0.15) is 29.5 Å². The standard InChI is InChI=1S/C23H22O3S/c1-4-18-13-15-19(16-14-18)17(2)21-11-8-12-22(23(21)26-3)27(24,25)20-9-6-5-7-10-20/h4-17H,1H2,2-3H3. The normalized spacial score (nSPS) is 12.4. The van der Waals surface area contributed by atoms with Crippen molar-refractivity contribution in [2.75, 3.05) is 7.11 Å². The molecular weight excluding hydrogens is 356 g/mol. The molecule has 0 bridgehead atoms. The van der Waals surface area contributed by atoms with Gasteiger partial charge in [0, 0.05) is 11.5 Å². The zero-order valence-electron chi connectivity index (χ0n) is 15.4. The largest absolute Gasteiger partial charge is 0.495 e. The predicted molar refractivity (Wildman–Crippen MR) is 109 cm³/mol. The van der Waals surface area contributed by atoms with Gasteiger partial charge in [-0.1, -0.05) is 74.2 Å². The van der Waals surface area contributed by atoms with Crippen LogP contribution in [0.3, 0.4) is 0 Å². The highest BCUT2D eigenvalue weighted by atomic mass is 32.2. The third-order valence-corrected chi connectivity index (χ3v) is 6.49. The lowest BCUT2D eigenvalue weighted by Crippen LogP contribution is -2.08. The molecule has 3 nitrogen and oxygen atoms in total. The Morgan fingerprint density at radius 3 is 2.19 bits per heavy atom. The molecule has 0 aliphatic carbocycles. The Morgan fingerprint density at radius 1 is 0.926 bits per heavy atom. The summed E-state index contributed by atoms with van der Waals surface area (Å²) in [4.78, 5) is 0.437. The van der Waals surface area contributed by atoms with Crippen molar-refractivity contribution in [2.24, 2.45) is 0 Å². The van der Waals surface area contributed by atoms with Gasteiger partial charge in [0.05, 0.1) is 12.0 Å². The maximum absolute atomic E-state index is 13.1. The van der Waals surface area contributed by atoms with Crippen molar-refractivity contribution < 1.29 is 13.2 Å². The fourth-order valence-corrected chi connectivity index (χ4v) is 4.60. The van der Waals surface area contributed by atoms with E-state index in [1.165, 1.54) is 7.11 Å². The highest BCUT2D eigenvalue weighted by molar-refractivity contribution is 7.91. The van der Waals surface area contributed by atoms with Crippen LogP contribution in [-0.2, 0) is 9.84 Å². The first-order chi connectivity index (χ1) is 13.0. The molecule has 3 rings (SSSR count). The first-order valence-electron chi connectivity index (χ1n) is 8.68. The molecular formula is C23H22O3S.